The van der Waals surface area contributed by atoms with Crippen LogP contribution in [0.5, 0.6) is 11.5 Å². The first-order chi connectivity index (χ1) is 12.9. The second-order valence-electron chi connectivity index (χ2n) is 5.48. The average molecular weight is 407 g/mol. The Morgan fingerprint density at radius 3 is 2.56 bits per heavy atom. The molecule has 0 spiro atoms. The van der Waals surface area contributed by atoms with Crippen LogP contribution in [0.15, 0.2) is 41.0 Å². The zero-order valence-corrected chi connectivity index (χ0v) is 14.8. The molecule has 136 valence electrons. The summed E-state index contributed by atoms with van der Waals surface area (Å²) in [5, 5.41) is 11.2. The summed E-state index contributed by atoms with van der Waals surface area (Å²) in [6, 6.07) is 6.96. The lowest BCUT2D eigenvalue weighted by Crippen LogP contribution is -2.06. The normalized spacial score (nSPS) is 16.4. The molecule has 0 amide bonds. The van der Waals surface area contributed by atoms with Crippen LogP contribution in [0.2, 0.25) is 10.0 Å². The summed E-state index contributed by atoms with van der Waals surface area (Å²) >= 11 is 12.2. The number of aliphatic imine (C=N–C) groups is 1. The second kappa shape index (κ2) is 6.57. The Labute approximate surface area is 161 Å². The van der Waals surface area contributed by atoms with Gasteiger partial charge in [0.1, 0.15) is 0 Å². The highest BCUT2D eigenvalue weighted by molar-refractivity contribution is 6.35. The number of carbonyl (C=O) groups excluding carboxylic acids is 1. The molecular formula is C17H8Cl2N2O6. The van der Waals surface area contributed by atoms with E-state index in [0.29, 0.717) is 22.1 Å². The molecule has 2 aliphatic heterocycles. The van der Waals surface area contributed by atoms with E-state index in [-0.39, 0.29) is 34.7 Å². The fourth-order valence-corrected chi connectivity index (χ4v) is 2.97. The number of nitrogens with zero attached hydrogens (tertiary/aromatic N) is 2. The van der Waals surface area contributed by atoms with Gasteiger partial charge in [0, 0.05) is 18.2 Å². The van der Waals surface area contributed by atoms with Crippen molar-refractivity contribution in [3.05, 3.63) is 67.3 Å². The fourth-order valence-electron chi connectivity index (χ4n) is 2.51. The van der Waals surface area contributed by atoms with Crippen molar-refractivity contribution in [1.29, 1.82) is 0 Å². The first kappa shape index (κ1) is 17.3. The molecule has 2 aromatic carbocycles. The summed E-state index contributed by atoms with van der Waals surface area (Å²) in [4.78, 5) is 26.5. The molecule has 0 saturated heterocycles. The molecule has 0 atom stereocenters. The Kier molecular flexibility index (Phi) is 4.21. The van der Waals surface area contributed by atoms with Crippen LogP contribution in [-0.2, 0) is 9.53 Å². The van der Waals surface area contributed by atoms with Gasteiger partial charge < -0.3 is 14.2 Å². The number of ether oxygens (including phenoxy) is 3. The minimum absolute atomic E-state index is 0.000171. The van der Waals surface area contributed by atoms with E-state index in [9.17, 15) is 14.9 Å². The van der Waals surface area contributed by atoms with Gasteiger partial charge in [-0.2, -0.15) is 0 Å². The van der Waals surface area contributed by atoms with E-state index in [2.05, 4.69) is 4.99 Å². The van der Waals surface area contributed by atoms with Crippen molar-refractivity contribution in [2.45, 2.75) is 0 Å². The lowest BCUT2D eigenvalue weighted by atomic mass is 10.1. The van der Waals surface area contributed by atoms with Gasteiger partial charge in [0.25, 0.3) is 5.69 Å². The monoisotopic (exact) mass is 406 g/mol. The van der Waals surface area contributed by atoms with Crippen molar-refractivity contribution in [3.8, 4) is 11.5 Å². The largest absolute Gasteiger partial charge is 0.454 e. The number of esters is 1. The Morgan fingerprint density at radius 1 is 1.11 bits per heavy atom. The maximum Gasteiger partial charge on any atom is 0.363 e. The van der Waals surface area contributed by atoms with Gasteiger partial charge >= 0.3 is 5.97 Å². The SMILES string of the molecule is O=C1OC(c2ccc([N+](=O)[O-])cc2Cl)=NC1=Cc1cc2c(cc1Cl)OCO2. The molecule has 0 unspecified atom stereocenters. The quantitative estimate of drug-likeness (QED) is 0.330. The highest BCUT2D eigenvalue weighted by Crippen LogP contribution is 2.38. The number of carbonyl (C=O) groups is 1. The number of fused-ring (bicyclic) bond motifs is 1. The summed E-state index contributed by atoms with van der Waals surface area (Å²) in [6.07, 6.45) is 1.44. The van der Waals surface area contributed by atoms with Gasteiger partial charge in [0.05, 0.1) is 20.5 Å². The van der Waals surface area contributed by atoms with Crippen LogP contribution in [0.4, 0.5) is 5.69 Å². The number of hydrogen-bond donors (Lipinski definition) is 0. The van der Waals surface area contributed by atoms with Crippen molar-refractivity contribution in [2.24, 2.45) is 4.99 Å². The zero-order valence-electron chi connectivity index (χ0n) is 13.3. The maximum atomic E-state index is 12.1. The summed E-state index contributed by atoms with van der Waals surface area (Å²) in [6.45, 7) is 0.0919. The maximum absolute atomic E-state index is 12.1. The van der Waals surface area contributed by atoms with Crippen LogP contribution in [-0.4, -0.2) is 23.6 Å². The minimum Gasteiger partial charge on any atom is -0.454 e. The molecular weight excluding hydrogens is 399 g/mol. The predicted molar refractivity (Wildman–Crippen MR) is 96.3 cm³/mol. The average Bonchev–Trinajstić information content (AvgIpc) is 3.21. The molecule has 0 fully saturated rings. The number of hydrogen-bond acceptors (Lipinski definition) is 7. The third-order valence-corrected chi connectivity index (χ3v) is 4.44. The lowest BCUT2D eigenvalue weighted by molar-refractivity contribution is -0.384. The van der Waals surface area contributed by atoms with Crippen LogP contribution in [0.1, 0.15) is 11.1 Å². The molecule has 4 rings (SSSR count). The number of halogens is 2. The minimum atomic E-state index is -0.701. The predicted octanol–water partition coefficient (Wildman–Crippen LogP) is 3.97. The molecule has 0 aromatic heterocycles. The molecule has 27 heavy (non-hydrogen) atoms. The highest BCUT2D eigenvalue weighted by Gasteiger charge is 2.27. The molecule has 0 bridgehead atoms. The van der Waals surface area contributed by atoms with E-state index < -0.39 is 10.9 Å². The van der Waals surface area contributed by atoms with Gasteiger partial charge in [0.15, 0.2) is 17.2 Å². The Morgan fingerprint density at radius 2 is 1.85 bits per heavy atom. The van der Waals surface area contributed by atoms with E-state index in [0.717, 1.165) is 6.07 Å². The highest BCUT2D eigenvalue weighted by atomic mass is 35.5. The molecule has 2 aromatic rings. The van der Waals surface area contributed by atoms with Crippen molar-refractivity contribution in [1.82, 2.24) is 0 Å². The molecule has 2 heterocycles. The molecule has 0 saturated carbocycles. The van der Waals surface area contributed by atoms with E-state index in [4.69, 9.17) is 37.4 Å². The molecule has 8 nitrogen and oxygen atoms in total. The van der Waals surface area contributed by atoms with Gasteiger partial charge in [-0.25, -0.2) is 9.79 Å². The van der Waals surface area contributed by atoms with Crippen molar-refractivity contribution in [3.63, 3.8) is 0 Å². The van der Waals surface area contributed by atoms with Crippen LogP contribution in [0, 0.1) is 10.1 Å². The molecule has 0 radical (unpaired) electrons. The Balaban J connectivity index is 1.70. The van der Waals surface area contributed by atoms with Gasteiger partial charge in [-0.15, -0.1) is 0 Å². The number of rotatable bonds is 3. The van der Waals surface area contributed by atoms with Gasteiger partial charge in [0.2, 0.25) is 12.7 Å². The zero-order chi connectivity index (χ0) is 19.1. The Hall–Kier alpha value is -3.10. The van der Waals surface area contributed by atoms with E-state index in [1.54, 1.807) is 12.1 Å². The third-order valence-electron chi connectivity index (χ3n) is 3.80. The lowest BCUT2D eigenvalue weighted by Gasteiger charge is -2.02. The first-order valence-corrected chi connectivity index (χ1v) is 8.24. The van der Waals surface area contributed by atoms with Crippen molar-refractivity contribution < 1.29 is 23.9 Å². The molecule has 2 aliphatic rings. The number of cyclic esters (lactones) is 1. The Bertz CT molecular complexity index is 1060. The smallest absolute Gasteiger partial charge is 0.363 e. The summed E-state index contributed by atoms with van der Waals surface area (Å²) in [5.41, 5.74) is 0.570. The van der Waals surface area contributed by atoms with Gasteiger partial charge in [-0.1, -0.05) is 23.2 Å². The number of non-ortho nitro benzene ring substituents is 1. The molecule has 0 aliphatic carbocycles. The van der Waals surface area contributed by atoms with E-state index in [1.807, 2.05) is 0 Å². The van der Waals surface area contributed by atoms with E-state index >= 15 is 0 Å². The summed E-state index contributed by atoms with van der Waals surface area (Å²) < 4.78 is 15.7. The number of benzene rings is 2. The second-order valence-corrected chi connectivity index (χ2v) is 6.30. The summed E-state index contributed by atoms with van der Waals surface area (Å²) in [7, 11) is 0. The van der Waals surface area contributed by atoms with Crippen LogP contribution >= 0.6 is 23.2 Å². The van der Waals surface area contributed by atoms with Crippen molar-refractivity contribution >= 4 is 46.8 Å². The van der Waals surface area contributed by atoms with Crippen LogP contribution in [0.25, 0.3) is 6.08 Å². The third kappa shape index (κ3) is 3.20. The first-order valence-electron chi connectivity index (χ1n) is 7.48. The summed E-state index contributed by atoms with van der Waals surface area (Å²) in [5.74, 6) is 0.259. The van der Waals surface area contributed by atoms with E-state index in [1.165, 1.54) is 18.2 Å². The molecule has 10 heteroatoms. The standard InChI is InChI=1S/C17H8Cl2N2O6/c18-11-6-15-14(25-7-26-15)4-8(11)3-13-17(22)27-16(20-13)10-2-1-9(21(23)24)5-12(10)19/h1-6H,7H2. The van der Waals surface area contributed by atoms with Gasteiger partial charge in [-0.05, 0) is 23.8 Å². The van der Waals surface area contributed by atoms with Crippen LogP contribution < -0.4 is 9.47 Å². The molecule has 0 N–H and O–H groups in total. The number of nitro benzene ring substituents is 1. The van der Waals surface area contributed by atoms with Gasteiger partial charge in [-0.3, -0.25) is 10.1 Å². The number of nitro groups is 1. The van der Waals surface area contributed by atoms with Crippen molar-refractivity contribution in [2.75, 3.05) is 6.79 Å². The fraction of sp³-hybridized carbons (Fsp3) is 0.0588. The van der Waals surface area contributed by atoms with Crippen LogP contribution in [0.3, 0.4) is 0 Å². The topological polar surface area (TPSA) is 100 Å².